The van der Waals surface area contributed by atoms with E-state index in [1.165, 1.54) is 12.1 Å². The van der Waals surface area contributed by atoms with Gasteiger partial charge < -0.3 is 4.74 Å². The second-order valence-electron chi connectivity index (χ2n) is 5.66. The molecule has 0 aliphatic rings. The molecular weight excluding hydrogens is 288 g/mol. The SMILES string of the molecule is Cc1nnc(-c2ccccc2[N+](=O)[O-])n1C(=O)OC(C)(C)C. The van der Waals surface area contributed by atoms with E-state index in [-0.39, 0.29) is 17.1 Å². The smallest absolute Gasteiger partial charge is 0.421 e. The average molecular weight is 304 g/mol. The maximum Gasteiger partial charge on any atom is 0.421 e. The Labute approximate surface area is 126 Å². The standard InChI is InChI=1S/C14H16N4O4/c1-9-15-16-12(17(9)13(19)22-14(2,3)4)10-7-5-6-8-11(10)18(20)21/h5-8H,1-4H3. The summed E-state index contributed by atoms with van der Waals surface area (Å²) in [6.07, 6.45) is -0.678. The number of aromatic nitrogens is 3. The Bertz CT molecular complexity index is 731. The molecule has 1 heterocycles. The molecule has 1 aromatic heterocycles. The number of carbonyl (C=O) groups excluding carboxylic acids is 1. The highest BCUT2D eigenvalue weighted by molar-refractivity contribution is 5.80. The summed E-state index contributed by atoms with van der Waals surface area (Å²) >= 11 is 0. The fourth-order valence-electron chi connectivity index (χ4n) is 1.88. The molecule has 8 nitrogen and oxygen atoms in total. The molecule has 1 aromatic carbocycles. The van der Waals surface area contributed by atoms with Gasteiger partial charge in [0.15, 0.2) is 5.82 Å². The zero-order valence-corrected chi connectivity index (χ0v) is 12.7. The fraction of sp³-hybridized carbons (Fsp3) is 0.357. The maximum atomic E-state index is 12.3. The molecule has 22 heavy (non-hydrogen) atoms. The quantitative estimate of drug-likeness (QED) is 0.624. The highest BCUT2D eigenvalue weighted by Crippen LogP contribution is 2.29. The molecule has 0 saturated carbocycles. The number of para-hydroxylation sites is 1. The molecule has 0 atom stereocenters. The van der Waals surface area contributed by atoms with Gasteiger partial charge in [-0.25, -0.2) is 9.36 Å². The molecule has 0 fully saturated rings. The second kappa shape index (κ2) is 5.55. The number of ether oxygens (including phenoxy) is 1. The van der Waals surface area contributed by atoms with Crippen LogP contribution in [0.25, 0.3) is 11.4 Å². The molecule has 0 N–H and O–H groups in total. The van der Waals surface area contributed by atoms with Crippen molar-refractivity contribution in [2.45, 2.75) is 33.3 Å². The van der Waals surface area contributed by atoms with E-state index in [0.29, 0.717) is 5.82 Å². The number of nitro groups is 1. The van der Waals surface area contributed by atoms with Gasteiger partial charge >= 0.3 is 6.09 Å². The molecule has 2 aromatic rings. The molecule has 8 heteroatoms. The van der Waals surface area contributed by atoms with Crippen molar-refractivity contribution in [3.05, 3.63) is 40.2 Å². The number of benzene rings is 1. The van der Waals surface area contributed by atoms with Gasteiger partial charge in [-0.2, -0.15) is 0 Å². The Morgan fingerprint density at radius 3 is 2.50 bits per heavy atom. The van der Waals surface area contributed by atoms with Gasteiger partial charge in [-0.15, -0.1) is 10.2 Å². The van der Waals surface area contributed by atoms with Gasteiger partial charge in [0, 0.05) is 6.07 Å². The van der Waals surface area contributed by atoms with Crippen LogP contribution < -0.4 is 0 Å². The van der Waals surface area contributed by atoms with E-state index in [0.717, 1.165) is 4.57 Å². The molecule has 2 rings (SSSR count). The lowest BCUT2D eigenvalue weighted by atomic mass is 10.1. The Morgan fingerprint density at radius 2 is 1.91 bits per heavy atom. The summed E-state index contributed by atoms with van der Waals surface area (Å²) in [5.41, 5.74) is -0.646. The molecule has 0 aliphatic carbocycles. The zero-order chi connectivity index (χ0) is 16.5. The second-order valence-corrected chi connectivity index (χ2v) is 5.66. The largest absolute Gasteiger partial charge is 0.443 e. The minimum absolute atomic E-state index is 0.0825. The van der Waals surface area contributed by atoms with Crippen LogP contribution >= 0.6 is 0 Å². The van der Waals surface area contributed by atoms with Crippen molar-refractivity contribution in [2.75, 3.05) is 0 Å². The maximum absolute atomic E-state index is 12.3. The van der Waals surface area contributed by atoms with Gasteiger partial charge in [-0.1, -0.05) is 12.1 Å². The highest BCUT2D eigenvalue weighted by Gasteiger charge is 2.27. The Kier molecular flexibility index (Phi) is 3.94. The monoisotopic (exact) mass is 304 g/mol. The van der Waals surface area contributed by atoms with Crippen molar-refractivity contribution in [1.29, 1.82) is 0 Å². The summed E-state index contributed by atoms with van der Waals surface area (Å²) in [5, 5.41) is 18.9. The lowest BCUT2D eigenvalue weighted by Crippen LogP contribution is -2.28. The lowest BCUT2D eigenvalue weighted by molar-refractivity contribution is -0.384. The first kappa shape index (κ1) is 15.6. The molecule has 0 radical (unpaired) electrons. The minimum atomic E-state index is -0.701. The van der Waals surface area contributed by atoms with Gasteiger partial charge in [0.2, 0.25) is 0 Å². The average Bonchev–Trinajstić information content (AvgIpc) is 2.78. The molecule has 0 aliphatic heterocycles. The summed E-state index contributed by atoms with van der Waals surface area (Å²) in [4.78, 5) is 22.9. The van der Waals surface area contributed by atoms with E-state index in [2.05, 4.69) is 10.2 Å². The van der Waals surface area contributed by atoms with Gasteiger partial charge in [-0.05, 0) is 33.8 Å². The lowest BCUT2D eigenvalue weighted by Gasteiger charge is -2.20. The molecule has 116 valence electrons. The van der Waals surface area contributed by atoms with Crippen molar-refractivity contribution in [3.8, 4) is 11.4 Å². The predicted octanol–water partition coefficient (Wildman–Crippen LogP) is 2.94. The number of nitrogens with zero attached hydrogens (tertiary/aromatic N) is 4. The van der Waals surface area contributed by atoms with Gasteiger partial charge in [0.25, 0.3) is 5.69 Å². The number of rotatable bonds is 2. The molecule has 0 bridgehead atoms. The van der Waals surface area contributed by atoms with E-state index in [1.807, 2.05) is 0 Å². The number of aryl methyl sites for hydroxylation is 1. The molecule has 0 saturated heterocycles. The molecular formula is C14H16N4O4. The first-order chi connectivity index (χ1) is 10.2. The van der Waals surface area contributed by atoms with Crippen molar-refractivity contribution < 1.29 is 14.5 Å². The van der Waals surface area contributed by atoms with Crippen LogP contribution in [0.4, 0.5) is 10.5 Å². The van der Waals surface area contributed by atoms with Crippen LogP contribution in [0.1, 0.15) is 26.6 Å². The third kappa shape index (κ3) is 3.11. The minimum Gasteiger partial charge on any atom is -0.443 e. The Balaban J connectivity index is 2.56. The van der Waals surface area contributed by atoms with Crippen LogP contribution in [0.5, 0.6) is 0 Å². The van der Waals surface area contributed by atoms with Gasteiger partial charge in [-0.3, -0.25) is 10.1 Å². The van der Waals surface area contributed by atoms with Crippen molar-refractivity contribution in [3.63, 3.8) is 0 Å². The molecule has 0 amide bonds. The predicted molar refractivity (Wildman–Crippen MR) is 78.5 cm³/mol. The van der Waals surface area contributed by atoms with E-state index >= 15 is 0 Å². The summed E-state index contributed by atoms with van der Waals surface area (Å²) in [5.74, 6) is 0.376. The number of hydrogen-bond acceptors (Lipinski definition) is 6. The Morgan fingerprint density at radius 1 is 1.27 bits per heavy atom. The van der Waals surface area contributed by atoms with Crippen LogP contribution in [0.15, 0.2) is 24.3 Å². The van der Waals surface area contributed by atoms with Crippen LogP contribution in [-0.4, -0.2) is 31.4 Å². The van der Waals surface area contributed by atoms with E-state index in [9.17, 15) is 14.9 Å². The molecule has 0 unspecified atom stereocenters. The summed E-state index contributed by atoms with van der Waals surface area (Å²) in [6.45, 7) is 6.77. The number of carbonyl (C=O) groups is 1. The summed E-state index contributed by atoms with van der Waals surface area (Å²) in [6, 6.07) is 6.04. The van der Waals surface area contributed by atoms with Gasteiger partial charge in [0.05, 0.1) is 10.5 Å². The third-order valence-corrected chi connectivity index (χ3v) is 2.74. The summed E-state index contributed by atoms with van der Waals surface area (Å²) < 4.78 is 6.43. The normalized spacial score (nSPS) is 11.3. The van der Waals surface area contributed by atoms with Crippen LogP contribution in [-0.2, 0) is 4.74 Å². The van der Waals surface area contributed by atoms with E-state index in [4.69, 9.17) is 4.74 Å². The topological polar surface area (TPSA) is 100 Å². The fourth-order valence-corrected chi connectivity index (χ4v) is 1.88. The molecule has 0 spiro atoms. The van der Waals surface area contributed by atoms with Crippen LogP contribution in [0, 0.1) is 17.0 Å². The van der Waals surface area contributed by atoms with Crippen LogP contribution in [0.2, 0.25) is 0 Å². The highest BCUT2D eigenvalue weighted by atomic mass is 16.6. The first-order valence-electron chi connectivity index (χ1n) is 6.60. The van der Waals surface area contributed by atoms with Crippen molar-refractivity contribution in [1.82, 2.24) is 14.8 Å². The van der Waals surface area contributed by atoms with Crippen molar-refractivity contribution >= 4 is 11.8 Å². The zero-order valence-electron chi connectivity index (χ0n) is 12.7. The van der Waals surface area contributed by atoms with Crippen molar-refractivity contribution in [2.24, 2.45) is 0 Å². The number of hydrogen-bond donors (Lipinski definition) is 0. The third-order valence-electron chi connectivity index (χ3n) is 2.74. The van der Waals surface area contributed by atoms with Crippen LogP contribution in [0.3, 0.4) is 0 Å². The van der Waals surface area contributed by atoms with Gasteiger partial charge in [0.1, 0.15) is 11.4 Å². The summed E-state index contributed by atoms with van der Waals surface area (Å²) in [7, 11) is 0. The first-order valence-corrected chi connectivity index (χ1v) is 6.60. The van der Waals surface area contributed by atoms with E-state index in [1.54, 1.807) is 39.8 Å². The number of nitro benzene ring substituents is 1. The van der Waals surface area contributed by atoms with E-state index < -0.39 is 16.6 Å². The Hall–Kier alpha value is -2.77.